The monoisotopic (exact) mass is 411 g/mol. The van der Waals surface area contributed by atoms with Crippen molar-refractivity contribution in [3.05, 3.63) is 86.0 Å². The van der Waals surface area contributed by atoms with Crippen LogP contribution in [0.1, 0.15) is 17.0 Å². The fourth-order valence-corrected chi connectivity index (χ4v) is 3.56. The van der Waals surface area contributed by atoms with Crippen LogP contribution in [0.5, 0.6) is 5.88 Å². The van der Waals surface area contributed by atoms with Crippen molar-refractivity contribution in [1.29, 1.82) is 5.26 Å². The molecule has 8 nitrogen and oxygen atoms in total. The minimum absolute atomic E-state index is 0.0194. The van der Waals surface area contributed by atoms with Crippen LogP contribution < -0.4 is 10.5 Å². The molecule has 4 rings (SSSR count). The largest absolute Gasteiger partial charge is 0.420 e. The topological polar surface area (TPSA) is 131 Å². The van der Waals surface area contributed by atoms with Gasteiger partial charge in [0.25, 0.3) is 5.69 Å². The van der Waals surface area contributed by atoms with E-state index in [9.17, 15) is 19.8 Å². The van der Waals surface area contributed by atoms with Crippen LogP contribution in [0.25, 0.3) is 11.3 Å². The van der Waals surface area contributed by atoms with E-state index in [0.717, 1.165) is 0 Å². The lowest BCUT2D eigenvalue weighted by molar-refractivity contribution is -0.384. The molecule has 144 valence electrons. The van der Waals surface area contributed by atoms with Crippen molar-refractivity contribution >= 4 is 17.3 Å². The Kier molecular flexibility index (Phi) is 4.41. The van der Waals surface area contributed by atoms with E-state index >= 15 is 0 Å². The minimum atomic E-state index is -0.971. The number of aromatic amines is 1. The predicted octanol–water partition coefficient (Wildman–Crippen LogP) is 4.00. The van der Waals surface area contributed by atoms with Crippen molar-refractivity contribution in [2.75, 3.05) is 0 Å². The average molecular weight is 412 g/mol. The summed E-state index contributed by atoms with van der Waals surface area (Å²) in [6.07, 6.45) is 0. The molecule has 2 aromatic carbocycles. The molecule has 3 N–H and O–H groups in total. The van der Waals surface area contributed by atoms with Crippen molar-refractivity contribution in [3.8, 4) is 23.2 Å². The van der Waals surface area contributed by atoms with Crippen LogP contribution in [-0.2, 0) is 0 Å². The number of allylic oxidation sites excluding steroid dienone is 1. The first kappa shape index (κ1) is 18.5. The van der Waals surface area contributed by atoms with E-state index in [4.69, 9.17) is 22.1 Å². The Morgan fingerprint density at radius 2 is 2.00 bits per heavy atom. The maximum atomic E-state index is 14.7. The molecule has 2 heterocycles. The van der Waals surface area contributed by atoms with Crippen molar-refractivity contribution in [2.24, 2.45) is 5.73 Å². The van der Waals surface area contributed by atoms with Crippen LogP contribution in [0.15, 0.2) is 53.9 Å². The number of nitrogens with zero attached hydrogens (tertiary/aromatic N) is 3. The fraction of sp³-hybridized carbons (Fsp3) is 0.0526. The smallest absolute Gasteiger partial charge is 0.269 e. The molecule has 1 aliphatic rings. The molecule has 1 aliphatic heterocycles. The molecular formula is C19H11ClFN5O3. The third-order valence-corrected chi connectivity index (χ3v) is 4.92. The number of aromatic nitrogens is 2. The summed E-state index contributed by atoms with van der Waals surface area (Å²) in [6, 6.07) is 11.8. The second-order valence-electron chi connectivity index (χ2n) is 6.18. The van der Waals surface area contributed by atoms with Gasteiger partial charge in [-0.3, -0.25) is 15.2 Å². The van der Waals surface area contributed by atoms with Gasteiger partial charge >= 0.3 is 0 Å². The van der Waals surface area contributed by atoms with Crippen LogP contribution in [0.4, 0.5) is 10.1 Å². The number of non-ortho nitro benzene ring substituents is 1. The summed E-state index contributed by atoms with van der Waals surface area (Å²) in [7, 11) is 0. The summed E-state index contributed by atoms with van der Waals surface area (Å²) in [4.78, 5) is 10.4. The molecular weight excluding hydrogens is 401 g/mol. The van der Waals surface area contributed by atoms with Crippen molar-refractivity contribution in [3.63, 3.8) is 0 Å². The Balaban J connectivity index is 1.95. The van der Waals surface area contributed by atoms with E-state index in [-0.39, 0.29) is 33.6 Å². The van der Waals surface area contributed by atoms with Gasteiger partial charge in [0.1, 0.15) is 17.5 Å². The SMILES string of the molecule is N#CC1=C(N)Oc2n[nH]c(-c3ccc([N+](=O)[O-])cc3)c2[C@H]1c1c(F)cccc1Cl. The van der Waals surface area contributed by atoms with Crippen molar-refractivity contribution in [1.82, 2.24) is 10.2 Å². The molecule has 3 aromatic rings. The number of fused-ring (bicyclic) bond motifs is 1. The molecule has 10 heteroatoms. The molecule has 0 saturated carbocycles. The number of halogens is 2. The van der Waals surface area contributed by atoms with E-state index < -0.39 is 16.7 Å². The number of hydrogen-bond acceptors (Lipinski definition) is 6. The fourth-order valence-electron chi connectivity index (χ4n) is 3.29. The molecule has 1 atom stereocenters. The van der Waals surface area contributed by atoms with Gasteiger partial charge in [-0.25, -0.2) is 4.39 Å². The van der Waals surface area contributed by atoms with Gasteiger partial charge in [-0.2, -0.15) is 5.26 Å². The third kappa shape index (κ3) is 2.96. The number of ether oxygens (including phenoxy) is 1. The molecule has 1 aromatic heterocycles. The van der Waals surface area contributed by atoms with Gasteiger partial charge in [0.15, 0.2) is 0 Å². The molecule has 0 unspecified atom stereocenters. The van der Waals surface area contributed by atoms with Gasteiger partial charge in [0, 0.05) is 28.3 Å². The quantitative estimate of drug-likeness (QED) is 0.494. The lowest BCUT2D eigenvalue weighted by atomic mass is 9.82. The summed E-state index contributed by atoms with van der Waals surface area (Å²) < 4.78 is 20.2. The highest BCUT2D eigenvalue weighted by Gasteiger charge is 2.38. The molecule has 29 heavy (non-hydrogen) atoms. The summed E-state index contributed by atoms with van der Waals surface area (Å²) in [6.45, 7) is 0. The molecule has 0 spiro atoms. The number of nitro benzene ring substituents is 1. The van der Waals surface area contributed by atoms with E-state index in [1.165, 1.54) is 42.5 Å². The molecule has 0 amide bonds. The standard InChI is InChI=1S/C19H11ClFN5O3/c20-12-2-1-3-13(21)15(12)14-11(8-22)18(23)29-19-16(14)17(24-25-19)9-4-6-10(7-5-9)26(27)28/h1-7,14H,23H2,(H,24,25)/t14-/m1/s1. The zero-order valence-corrected chi connectivity index (χ0v) is 15.3. The number of nitrogens with two attached hydrogens (primary N) is 1. The lowest BCUT2D eigenvalue weighted by Crippen LogP contribution is -2.21. The zero-order chi connectivity index (χ0) is 20.7. The number of nitro groups is 1. The van der Waals surface area contributed by atoms with E-state index in [0.29, 0.717) is 16.8 Å². The van der Waals surface area contributed by atoms with Crippen LogP contribution in [0.3, 0.4) is 0 Å². The summed E-state index contributed by atoms with van der Waals surface area (Å²) in [5, 5.41) is 27.5. The summed E-state index contributed by atoms with van der Waals surface area (Å²) >= 11 is 6.26. The van der Waals surface area contributed by atoms with Gasteiger partial charge in [-0.1, -0.05) is 17.7 Å². The van der Waals surface area contributed by atoms with E-state index in [1.54, 1.807) is 0 Å². The highest BCUT2D eigenvalue weighted by atomic mass is 35.5. The maximum absolute atomic E-state index is 14.7. The number of H-pyrrole nitrogens is 1. The van der Waals surface area contributed by atoms with Gasteiger partial charge < -0.3 is 10.5 Å². The minimum Gasteiger partial charge on any atom is -0.420 e. The first-order valence-electron chi connectivity index (χ1n) is 8.27. The summed E-state index contributed by atoms with van der Waals surface area (Å²) in [5.74, 6) is -1.72. The van der Waals surface area contributed by atoms with Crippen LogP contribution >= 0.6 is 11.6 Å². The normalized spacial score (nSPS) is 15.4. The third-order valence-electron chi connectivity index (χ3n) is 4.59. The number of rotatable bonds is 3. The van der Waals surface area contributed by atoms with Crippen LogP contribution in [0, 0.1) is 27.3 Å². The molecule has 0 bridgehead atoms. The Labute approximate surface area is 168 Å². The molecule has 0 radical (unpaired) electrons. The van der Waals surface area contributed by atoms with E-state index in [1.807, 2.05) is 6.07 Å². The second-order valence-corrected chi connectivity index (χ2v) is 6.59. The second kappa shape index (κ2) is 6.92. The summed E-state index contributed by atoms with van der Waals surface area (Å²) in [5.41, 5.74) is 7.11. The predicted molar refractivity (Wildman–Crippen MR) is 101 cm³/mol. The Morgan fingerprint density at radius 3 is 2.62 bits per heavy atom. The number of benzene rings is 2. The van der Waals surface area contributed by atoms with Crippen LogP contribution in [0.2, 0.25) is 5.02 Å². The maximum Gasteiger partial charge on any atom is 0.269 e. The number of nitriles is 1. The van der Waals surface area contributed by atoms with Gasteiger partial charge in [0.2, 0.25) is 11.8 Å². The molecule has 0 fully saturated rings. The highest BCUT2D eigenvalue weighted by Crippen LogP contribution is 2.47. The van der Waals surface area contributed by atoms with Crippen LogP contribution in [-0.4, -0.2) is 15.1 Å². The Morgan fingerprint density at radius 1 is 1.28 bits per heavy atom. The average Bonchev–Trinajstić information content (AvgIpc) is 3.11. The van der Waals surface area contributed by atoms with Gasteiger partial charge in [0.05, 0.1) is 22.1 Å². The Bertz CT molecular complexity index is 1190. The van der Waals surface area contributed by atoms with Crippen molar-refractivity contribution in [2.45, 2.75) is 5.92 Å². The van der Waals surface area contributed by atoms with Crippen molar-refractivity contribution < 1.29 is 14.1 Å². The number of hydrogen-bond donors (Lipinski definition) is 2. The first-order valence-corrected chi connectivity index (χ1v) is 8.64. The molecule has 0 saturated heterocycles. The molecule has 0 aliphatic carbocycles. The zero-order valence-electron chi connectivity index (χ0n) is 14.5. The van der Waals surface area contributed by atoms with E-state index in [2.05, 4.69) is 10.2 Å². The highest BCUT2D eigenvalue weighted by molar-refractivity contribution is 6.31. The number of nitrogens with one attached hydrogen (secondary N) is 1. The lowest BCUT2D eigenvalue weighted by Gasteiger charge is -2.25. The van der Waals surface area contributed by atoms with Gasteiger partial charge in [-0.15, -0.1) is 5.10 Å². The van der Waals surface area contributed by atoms with Gasteiger partial charge in [-0.05, 0) is 24.3 Å². The Hall–Kier alpha value is -3.90. The first-order chi connectivity index (χ1) is 13.9.